The molecule has 0 fully saturated rings. The molecule has 0 radical (unpaired) electrons. The van der Waals surface area contributed by atoms with Crippen LogP contribution in [-0.4, -0.2) is 7.05 Å². The molecular weight excluding hydrogens is 245 g/mol. The van der Waals surface area contributed by atoms with Crippen molar-refractivity contribution in [3.05, 3.63) is 34.1 Å². The lowest BCUT2D eigenvalue weighted by atomic mass is 10.0. The van der Waals surface area contributed by atoms with Gasteiger partial charge in [-0.2, -0.15) is 0 Å². The molecule has 1 unspecified atom stereocenters. The maximum atomic E-state index is 13.1. The molecule has 0 aliphatic heterocycles. The fourth-order valence-electron chi connectivity index (χ4n) is 1.28. The Bertz CT molecular complexity index is 337. The summed E-state index contributed by atoms with van der Waals surface area (Å²) >= 11 is 3.24. The Morgan fingerprint density at radius 1 is 1.57 bits per heavy atom. The van der Waals surface area contributed by atoms with Crippen LogP contribution in [0.3, 0.4) is 0 Å². The first-order valence-electron chi connectivity index (χ1n) is 4.24. The van der Waals surface area contributed by atoms with E-state index in [1.807, 2.05) is 6.07 Å². The summed E-state index contributed by atoms with van der Waals surface area (Å²) in [5, 5.41) is 3.04. The van der Waals surface area contributed by atoms with Crippen LogP contribution in [0.4, 0.5) is 4.39 Å². The van der Waals surface area contributed by atoms with Crippen LogP contribution in [0.1, 0.15) is 18.0 Å². The van der Waals surface area contributed by atoms with E-state index < -0.39 is 0 Å². The van der Waals surface area contributed by atoms with Crippen molar-refractivity contribution in [3.8, 4) is 12.3 Å². The van der Waals surface area contributed by atoms with Crippen molar-refractivity contribution in [2.45, 2.75) is 12.5 Å². The zero-order valence-electron chi connectivity index (χ0n) is 7.85. The monoisotopic (exact) mass is 255 g/mol. The van der Waals surface area contributed by atoms with E-state index in [0.717, 1.165) is 10.0 Å². The molecule has 14 heavy (non-hydrogen) atoms. The summed E-state index contributed by atoms with van der Waals surface area (Å²) in [4.78, 5) is 0. The van der Waals surface area contributed by atoms with E-state index in [9.17, 15) is 4.39 Å². The summed E-state index contributed by atoms with van der Waals surface area (Å²) in [6.45, 7) is 0. The van der Waals surface area contributed by atoms with E-state index in [1.54, 1.807) is 7.05 Å². The van der Waals surface area contributed by atoms with E-state index in [4.69, 9.17) is 6.42 Å². The number of hydrogen-bond donors (Lipinski definition) is 1. The van der Waals surface area contributed by atoms with E-state index in [2.05, 4.69) is 27.2 Å². The molecule has 1 aromatic carbocycles. The minimum atomic E-state index is -0.258. The summed E-state index contributed by atoms with van der Waals surface area (Å²) in [5.74, 6) is 2.30. The summed E-state index contributed by atoms with van der Waals surface area (Å²) in [6.07, 6.45) is 5.77. The molecule has 0 amide bonds. The highest BCUT2D eigenvalue weighted by atomic mass is 79.9. The number of terminal acetylenes is 1. The first kappa shape index (κ1) is 11.2. The lowest BCUT2D eigenvalue weighted by Gasteiger charge is -2.13. The van der Waals surface area contributed by atoms with Crippen LogP contribution in [-0.2, 0) is 0 Å². The molecule has 0 spiro atoms. The van der Waals surface area contributed by atoms with Crippen LogP contribution in [0.2, 0.25) is 0 Å². The van der Waals surface area contributed by atoms with Gasteiger partial charge in [-0.05, 0) is 30.8 Å². The predicted molar refractivity (Wildman–Crippen MR) is 59.4 cm³/mol. The highest BCUT2D eigenvalue weighted by molar-refractivity contribution is 9.10. The second-order valence-electron chi connectivity index (χ2n) is 2.95. The van der Waals surface area contributed by atoms with Crippen molar-refractivity contribution in [1.82, 2.24) is 5.32 Å². The molecule has 0 aliphatic carbocycles. The number of rotatable bonds is 3. The van der Waals surface area contributed by atoms with Crippen molar-refractivity contribution < 1.29 is 4.39 Å². The molecule has 1 rings (SSSR count). The minimum absolute atomic E-state index is 0.00648. The van der Waals surface area contributed by atoms with Gasteiger partial charge in [0, 0.05) is 16.9 Å². The van der Waals surface area contributed by atoms with Gasteiger partial charge in [0.15, 0.2) is 0 Å². The van der Waals surface area contributed by atoms with Crippen LogP contribution >= 0.6 is 15.9 Å². The summed E-state index contributed by atoms with van der Waals surface area (Å²) in [5.41, 5.74) is 0.859. The van der Waals surface area contributed by atoms with Crippen molar-refractivity contribution in [3.63, 3.8) is 0 Å². The Morgan fingerprint density at radius 2 is 2.29 bits per heavy atom. The van der Waals surface area contributed by atoms with E-state index in [0.29, 0.717) is 6.42 Å². The zero-order valence-corrected chi connectivity index (χ0v) is 9.44. The third-order valence-electron chi connectivity index (χ3n) is 1.96. The molecule has 0 aliphatic rings. The molecule has 0 bridgehead atoms. The Labute approximate surface area is 91.8 Å². The molecule has 0 saturated heterocycles. The Kier molecular flexibility index (Phi) is 4.12. The van der Waals surface area contributed by atoms with Crippen LogP contribution in [0.15, 0.2) is 22.7 Å². The van der Waals surface area contributed by atoms with E-state index >= 15 is 0 Å². The third kappa shape index (κ3) is 2.83. The first-order valence-corrected chi connectivity index (χ1v) is 5.03. The molecule has 0 aromatic heterocycles. The van der Waals surface area contributed by atoms with Gasteiger partial charge in [0.25, 0.3) is 0 Å². The molecule has 3 heteroatoms. The van der Waals surface area contributed by atoms with Gasteiger partial charge in [0.05, 0.1) is 0 Å². The van der Waals surface area contributed by atoms with Crippen LogP contribution < -0.4 is 5.32 Å². The highest BCUT2D eigenvalue weighted by Gasteiger charge is 2.09. The SMILES string of the molecule is C#CCC(NC)c1cc(F)cc(Br)c1. The van der Waals surface area contributed by atoms with Crippen LogP contribution in [0, 0.1) is 18.2 Å². The van der Waals surface area contributed by atoms with E-state index in [-0.39, 0.29) is 11.9 Å². The van der Waals surface area contributed by atoms with Crippen LogP contribution in [0.5, 0.6) is 0 Å². The van der Waals surface area contributed by atoms with Gasteiger partial charge in [0.1, 0.15) is 5.82 Å². The number of nitrogens with one attached hydrogen (secondary N) is 1. The zero-order chi connectivity index (χ0) is 10.6. The van der Waals surface area contributed by atoms with Crippen molar-refractivity contribution in [1.29, 1.82) is 0 Å². The quantitative estimate of drug-likeness (QED) is 0.820. The summed E-state index contributed by atoms with van der Waals surface area (Å²) in [6, 6.07) is 4.78. The number of benzene rings is 1. The average Bonchev–Trinajstić information content (AvgIpc) is 2.12. The smallest absolute Gasteiger partial charge is 0.124 e. The summed E-state index contributed by atoms with van der Waals surface area (Å²) in [7, 11) is 1.81. The second-order valence-corrected chi connectivity index (χ2v) is 3.87. The van der Waals surface area contributed by atoms with E-state index in [1.165, 1.54) is 12.1 Å². The molecule has 0 saturated carbocycles. The molecule has 1 N–H and O–H groups in total. The molecule has 1 aromatic rings. The number of hydrogen-bond acceptors (Lipinski definition) is 1. The molecule has 0 heterocycles. The van der Waals surface area contributed by atoms with Crippen molar-refractivity contribution in [2.24, 2.45) is 0 Å². The van der Waals surface area contributed by atoms with Gasteiger partial charge in [-0.3, -0.25) is 0 Å². The lowest BCUT2D eigenvalue weighted by molar-refractivity contribution is 0.589. The van der Waals surface area contributed by atoms with Gasteiger partial charge in [-0.15, -0.1) is 12.3 Å². The van der Waals surface area contributed by atoms with Crippen molar-refractivity contribution >= 4 is 15.9 Å². The minimum Gasteiger partial charge on any atom is -0.312 e. The second kappa shape index (κ2) is 5.14. The average molecular weight is 256 g/mol. The Balaban J connectivity index is 2.98. The van der Waals surface area contributed by atoms with Gasteiger partial charge >= 0.3 is 0 Å². The molecule has 1 atom stereocenters. The third-order valence-corrected chi connectivity index (χ3v) is 2.42. The Hall–Kier alpha value is -0.850. The molecule has 74 valence electrons. The summed E-state index contributed by atoms with van der Waals surface area (Å²) < 4.78 is 13.8. The maximum Gasteiger partial charge on any atom is 0.124 e. The Morgan fingerprint density at radius 3 is 2.79 bits per heavy atom. The standard InChI is InChI=1S/C11H11BrFN/c1-3-4-11(14-2)8-5-9(12)7-10(13)6-8/h1,5-7,11,14H,4H2,2H3. The van der Waals surface area contributed by atoms with Gasteiger partial charge < -0.3 is 5.32 Å². The normalized spacial score (nSPS) is 12.1. The predicted octanol–water partition coefficient (Wildman–Crippen LogP) is 2.87. The lowest BCUT2D eigenvalue weighted by Crippen LogP contribution is -2.15. The topological polar surface area (TPSA) is 12.0 Å². The molecular formula is C11H11BrFN. The fourth-order valence-corrected chi connectivity index (χ4v) is 1.76. The van der Waals surface area contributed by atoms with Gasteiger partial charge in [0.2, 0.25) is 0 Å². The highest BCUT2D eigenvalue weighted by Crippen LogP contribution is 2.21. The molecule has 1 nitrogen and oxygen atoms in total. The first-order chi connectivity index (χ1) is 6.67. The number of halogens is 2. The maximum absolute atomic E-state index is 13.1. The van der Waals surface area contributed by atoms with Gasteiger partial charge in [-0.1, -0.05) is 15.9 Å². The van der Waals surface area contributed by atoms with Crippen LogP contribution in [0.25, 0.3) is 0 Å². The fraction of sp³-hybridized carbons (Fsp3) is 0.273. The largest absolute Gasteiger partial charge is 0.312 e. The van der Waals surface area contributed by atoms with Gasteiger partial charge in [-0.25, -0.2) is 4.39 Å². The van der Waals surface area contributed by atoms with Crippen molar-refractivity contribution in [2.75, 3.05) is 7.05 Å².